The average molecular weight is 441 g/mol. The van der Waals surface area contributed by atoms with Crippen LogP contribution in [0, 0.1) is 0 Å². The van der Waals surface area contributed by atoms with Crippen LogP contribution >= 0.6 is 0 Å². The molecule has 0 radical (unpaired) electrons. The average Bonchev–Trinajstić information content (AvgIpc) is 2.80. The van der Waals surface area contributed by atoms with Gasteiger partial charge in [-0.25, -0.2) is 0 Å². The Bertz CT molecular complexity index is 785. The summed E-state index contributed by atoms with van der Waals surface area (Å²) in [7, 11) is 0. The highest BCUT2D eigenvalue weighted by atomic mass is 16.7. The van der Waals surface area contributed by atoms with E-state index in [0.717, 1.165) is 0 Å². The molecule has 6 nitrogen and oxygen atoms in total. The molecule has 0 saturated carbocycles. The first-order valence-corrected chi connectivity index (χ1v) is 10.1. The van der Waals surface area contributed by atoms with Crippen molar-refractivity contribution < 1.29 is 28.4 Å². The third-order valence-electron chi connectivity index (χ3n) is 4.26. The van der Waals surface area contributed by atoms with E-state index in [2.05, 4.69) is 61.6 Å². The van der Waals surface area contributed by atoms with Crippen molar-refractivity contribution in [2.24, 2.45) is 0 Å². The highest BCUT2D eigenvalue weighted by molar-refractivity contribution is 4.96. The van der Waals surface area contributed by atoms with Gasteiger partial charge < -0.3 is 28.4 Å². The zero-order chi connectivity index (χ0) is 23.4. The summed E-state index contributed by atoms with van der Waals surface area (Å²) in [5, 5.41) is 0. The summed E-state index contributed by atoms with van der Waals surface area (Å²) in [6.07, 6.45) is 5.39. The molecule has 0 amide bonds. The molecule has 0 unspecified atom stereocenters. The Morgan fingerprint density at radius 1 is 0.562 bits per heavy atom. The fourth-order valence-corrected chi connectivity index (χ4v) is 2.87. The van der Waals surface area contributed by atoms with Crippen LogP contribution in [0.4, 0.5) is 0 Å². The van der Waals surface area contributed by atoms with Gasteiger partial charge in [-0.1, -0.05) is 32.9 Å². The second-order valence-corrected chi connectivity index (χ2v) is 6.35. The van der Waals surface area contributed by atoms with E-state index in [9.17, 15) is 0 Å². The van der Waals surface area contributed by atoms with Crippen LogP contribution in [0.25, 0.3) is 0 Å². The van der Waals surface area contributed by atoms with E-state index in [1.54, 1.807) is 30.4 Å². The second kappa shape index (κ2) is 18.0. The van der Waals surface area contributed by atoms with Crippen molar-refractivity contribution in [2.75, 3.05) is 39.6 Å². The van der Waals surface area contributed by atoms with Crippen molar-refractivity contribution in [2.45, 2.75) is 30.7 Å². The van der Waals surface area contributed by atoms with Crippen molar-refractivity contribution in [1.82, 2.24) is 0 Å². The smallest absolute Gasteiger partial charge is 0.187 e. The van der Waals surface area contributed by atoms with E-state index >= 15 is 0 Å². The van der Waals surface area contributed by atoms with Crippen LogP contribution in [0.2, 0.25) is 0 Å². The molecule has 1 fully saturated rings. The van der Waals surface area contributed by atoms with E-state index in [0.29, 0.717) is 6.61 Å². The van der Waals surface area contributed by atoms with Gasteiger partial charge in [0, 0.05) is 0 Å². The third kappa shape index (κ3) is 10.1. The molecule has 1 aliphatic heterocycles. The Morgan fingerprint density at radius 3 is 1.53 bits per heavy atom. The SMILES string of the molecule is C=C=CCOC[C@H]1O[C@@H](OCC=C=C)[C@H](OCC=C=C)[C@@H](OCC=C=C)[C@@H]1OCC=C=C. The molecule has 5 atom stereocenters. The third-order valence-corrected chi connectivity index (χ3v) is 4.26. The molecule has 1 heterocycles. The van der Waals surface area contributed by atoms with Crippen molar-refractivity contribution >= 4 is 0 Å². The first kappa shape index (κ1) is 27.4. The lowest BCUT2D eigenvalue weighted by Gasteiger charge is -2.45. The summed E-state index contributed by atoms with van der Waals surface area (Å²) in [5.74, 6) is 0. The van der Waals surface area contributed by atoms with Crippen LogP contribution in [-0.4, -0.2) is 70.3 Å². The molecule has 1 saturated heterocycles. The van der Waals surface area contributed by atoms with Crippen LogP contribution in [0.15, 0.2) is 91.9 Å². The van der Waals surface area contributed by atoms with E-state index in [1.807, 2.05) is 0 Å². The van der Waals surface area contributed by atoms with Gasteiger partial charge in [-0.3, -0.25) is 0 Å². The predicted octanol–water partition coefficient (Wildman–Crippen LogP) is 3.61. The minimum absolute atomic E-state index is 0.230. The Hall–Kier alpha value is -2.64. The highest BCUT2D eigenvalue weighted by Gasteiger charge is 2.48. The molecule has 172 valence electrons. The van der Waals surface area contributed by atoms with Crippen LogP contribution in [-0.2, 0) is 28.4 Å². The number of hydrogen-bond acceptors (Lipinski definition) is 6. The van der Waals surface area contributed by atoms with Crippen molar-refractivity contribution in [1.29, 1.82) is 0 Å². The van der Waals surface area contributed by atoms with Crippen molar-refractivity contribution in [3.05, 3.63) is 91.9 Å². The fourth-order valence-electron chi connectivity index (χ4n) is 2.87. The number of rotatable bonds is 16. The number of hydrogen-bond donors (Lipinski definition) is 0. The normalized spacial score (nSPS) is 23.9. The molecule has 0 bridgehead atoms. The van der Waals surface area contributed by atoms with Crippen LogP contribution in [0.3, 0.4) is 0 Å². The molecule has 32 heavy (non-hydrogen) atoms. The largest absolute Gasteiger partial charge is 0.374 e. The lowest BCUT2D eigenvalue weighted by Crippen LogP contribution is -2.62. The zero-order valence-corrected chi connectivity index (χ0v) is 18.5. The van der Waals surface area contributed by atoms with E-state index in [-0.39, 0.29) is 33.0 Å². The molecular formula is C26H32O6. The summed E-state index contributed by atoms with van der Waals surface area (Å²) < 4.78 is 36.0. The maximum atomic E-state index is 6.20. The lowest BCUT2D eigenvalue weighted by molar-refractivity contribution is -0.317. The Balaban J connectivity index is 3.22. The topological polar surface area (TPSA) is 55.4 Å². The fraction of sp³-hybridized carbons (Fsp3) is 0.423. The molecule has 0 aromatic rings. The van der Waals surface area contributed by atoms with E-state index in [1.165, 1.54) is 0 Å². The first-order valence-electron chi connectivity index (χ1n) is 10.1. The summed E-state index contributed by atoms with van der Waals surface area (Å²) in [4.78, 5) is 0. The molecule has 0 spiro atoms. The maximum Gasteiger partial charge on any atom is 0.187 e. The van der Waals surface area contributed by atoms with Gasteiger partial charge in [0.25, 0.3) is 0 Å². The highest BCUT2D eigenvalue weighted by Crippen LogP contribution is 2.29. The van der Waals surface area contributed by atoms with E-state index < -0.39 is 30.7 Å². The van der Waals surface area contributed by atoms with Gasteiger partial charge >= 0.3 is 0 Å². The molecule has 0 aliphatic carbocycles. The van der Waals surface area contributed by atoms with Crippen LogP contribution in [0.1, 0.15) is 0 Å². The molecule has 6 heteroatoms. The van der Waals surface area contributed by atoms with Gasteiger partial charge in [-0.2, -0.15) is 0 Å². The minimum atomic E-state index is -0.756. The zero-order valence-electron chi connectivity index (χ0n) is 18.5. The van der Waals surface area contributed by atoms with Crippen molar-refractivity contribution in [3.63, 3.8) is 0 Å². The van der Waals surface area contributed by atoms with Gasteiger partial charge in [0.1, 0.15) is 24.4 Å². The predicted molar refractivity (Wildman–Crippen MR) is 123 cm³/mol. The summed E-state index contributed by atoms with van der Waals surface area (Å²) >= 11 is 0. The van der Waals surface area contributed by atoms with Gasteiger partial charge in [0.15, 0.2) is 6.29 Å². The van der Waals surface area contributed by atoms with Crippen molar-refractivity contribution in [3.8, 4) is 0 Å². The molecule has 0 aromatic heterocycles. The minimum Gasteiger partial charge on any atom is -0.374 e. The summed E-state index contributed by atoms with van der Waals surface area (Å²) in [5.41, 5.74) is 13.4. The quantitative estimate of drug-likeness (QED) is 0.270. The lowest BCUT2D eigenvalue weighted by atomic mass is 9.98. The van der Waals surface area contributed by atoms with E-state index in [4.69, 9.17) is 28.4 Å². The Morgan fingerprint density at radius 2 is 1.00 bits per heavy atom. The van der Waals surface area contributed by atoms with Gasteiger partial charge in [-0.15, -0.1) is 28.7 Å². The molecule has 1 rings (SSSR count). The summed E-state index contributed by atoms with van der Waals surface area (Å²) in [6, 6.07) is 0. The Labute approximate surface area is 191 Å². The molecule has 0 N–H and O–H groups in total. The second-order valence-electron chi connectivity index (χ2n) is 6.35. The van der Waals surface area contributed by atoms with Gasteiger partial charge in [0.2, 0.25) is 0 Å². The number of ether oxygens (including phenoxy) is 6. The van der Waals surface area contributed by atoms with Crippen LogP contribution in [0.5, 0.6) is 0 Å². The molecule has 1 aliphatic rings. The van der Waals surface area contributed by atoms with Gasteiger partial charge in [-0.05, 0) is 30.4 Å². The molecule has 0 aromatic carbocycles. The monoisotopic (exact) mass is 440 g/mol. The summed E-state index contributed by atoms with van der Waals surface area (Å²) in [6.45, 7) is 19.4. The van der Waals surface area contributed by atoms with Gasteiger partial charge in [0.05, 0.1) is 39.6 Å². The first-order chi connectivity index (χ1) is 15.7. The molecular weight excluding hydrogens is 408 g/mol. The Kier molecular flexibility index (Phi) is 15.4. The van der Waals surface area contributed by atoms with Crippen LogP contribution < -0.4 is 0 Å². The standard InChI is InChI=1S/C26H32O6/c1-6-11-16-27-21-22-23(28-17-12-7-2)24(29-18-13-8-3)25(30-19-14-9-4)26(32-22)31-20-15-10-5/h11-15,22-26H,1-5,16-21H2/t22-,23-,24+,25-,26-/m1/s1. The maximum absolute atomic E-state index is 6.20.